The van der Waals surface area contributed by atoms with E-state index in [0.29, 0.717) is 0 Å². The molecule has 0 saturated carbocycles. The van der Waals surface area contributed by atoms with Gasteiger partial charge < -0.3 is 5.32 Å². The van der Waals surface area contributed by atoms with Crippen LogP contribution in [0.4, 0.5) is 0 Å². The van der Waals surface area contributed by atoms with Crippen LogP contribution in [-0.4, -0.2) is 43.0 Å². The lowest BCUT2D eigenvalue weighted by Gasteiger charge is -2.41. The second kappa shape index (κ2) is 3.34. The number of hydrogen-bond acceptors (Lipinski definition) is 3. The minimum Gasteiger partial charge on any atom is -0.314 e. The van der Waals surface area contributed by atoms with Crippen molar-refractivity contribution >= 4 is 20.9 Å². The highest BCUT2D eigenvalue weighted by molar-refractivity contribution is 8.86. The summed E-state index contributed by atoms with van der Waals surface area (Å²) in [4.78, 5) is 0. The zero-order valence-electron chi connectivity index (χ0n) is 6.63. The SMILES string of the molecule is CS(C)(S)N1CCNCC1. The summed E-state index contributed by atoms with van der Waals surface area (Å²) >= 11 is 4.58. The first-order chi connectivity index (χ1) is 4.61. The molecule has 1 rings (SSSR count). The topological polar surface area (TPSA) is 15.3 Å². The molecular formula is C6H16N2S2. The number of nitrogens with one attached hydrogen (secondary N) is 1. The van der Waals surface area contributed by atoms with Gasteiger partial charge in [-0.15, -0.1) is 20.9 Å². The Hall–Kier alpha value is 0.620. The molecule has 0 aliphatic carbocycles. The van der Waals surface area contributed by atoms with Crippen LogP contribution in [0, 0.1) is 0 Å². The summed E-state index contributed by atoms with van der Waals surface area (Å²) in [7, 11) is -0.738. The van der Waals surface area contributed by atoms with Gasteiger partial charge in [0.1, 0.15) is 0 Å². The van der Waals surface area contributed by atoms with Gasteiger partial charge in [0.15, 0.2) is 0 Å². The van der Waals surface area contributed by atoms with E-state index in [9.17, 15) is 0 Å². The van der Waals surface area contributed by atoms with E-state index >= 15 is 0 Å². The maximum Gasteiger partial charge on any atom is 0.0207 e. The van der Waals surface area contributed by atoms with Crippen LogP contribution >= 0.6 is 20.9 Å². The number of hydrogen-bond donors (Lipinski definition) is 2. The first-order valence-electron chi connectivity index (χ1n) is 3.52. The number of piperazine rings is 1. The highest BCUT2D eigenvalue weighted by Crippen LogP contribution is 2.48. The average molecular weight is 180 g/mol. The second-order valence-electron chi connectivity index (χ2n) is 2.90. The molecule has 1 aliphatic rings. The Morgan fingerprint density at radius 3 is 2.10 bits per heavy atom. The lowest BCUT2D eigenvalue weighted by molar-refractivity contribution is 0.392. The maximum absolute atomic E-state index is 4.58. The molecule has 0 unspecified atom stereocenters. The van der Waals surface area contributed by atoms with E-state index in [-0.39, 0.29) is 0 Å². The fourth-order valence-electron chi connectivity index (χ4n) is 1.09. The van der Waals surface area contributed by atoms with E-state index in [4.69, 9.17) is 0 Å². The molecule has 1 aliphatic heterocycles. The second-order valence-corrected chi connectivity index (χ2v) is 8.54. The van der Waals surface area contributed by atoms with Crippen LogP contribution in [0.3, 0.4) is 0 Å². The van der Waals surface area contributed by atoms with E-state index in [1.54, 1.807) is 0 Å². The van der Waals surface area contributed by atoms with Crippen molar-refractivity contribution in [3.63, 3.8) is 0 Å². The molecule has 0 aromatic carbocycles. The molecule has 1 heterocycles. The van der Waals surface area contributed by atoms with Crippen LogP contribution in [0.2, 0.25) is 0 Å². The predicted octanol–water partition coefficient (Wildman–Crippen LogP) is 0.716. The summed E-state index contributed by atoms with van der Waals surface area (Å²) in [6.07, 6.45) is 4.45. The van der Waals surface area contributed by atoms with E-state index in [1.807, 2.05) is 0 Å². The first kappa shape index (κ1) is 8.71. The Bertz CT molecular complexity index is 105. The smallest absolute Gasteiger partial charge is 0.0207 e. The molecule has 1 N–H and O–H groups in total. The van der Waals surface area contributed by atoms with Crippen LogP contribution in [0.1, 0.15) is 0 Å². The molecule has 4 heteroatoms. The van der Waals surface area contributed by atoms with Gasteiger partial charge in [0.05, 0.1) is 0 Å². The van der Waals surface area contributed by atoms with Gasteiger partial charge in [-0.05, 0) is 12.5 Å². The van der Waals surface area contributed by atoms with Gasteiger partial charge in [0.25, 0.3) is 0 Å². The lowest BCUT2D eigenvalue weighted by atomic mass is 10.4. The van der Waals surface area contributed by atoms with Crippen LogP contribution in [0.25, 0.3) is 0 Å². The van der Waals surface area contributed by atoms with Crippen LogP contribution in [-0.2, 0) is 0 Å². The monoisotopic (exact) mass is 180 g/mol. The summed E-state index contributed by atoms with van der Waals surface area (Å²) in [5, 5.41) is 3.32. The van der Waals surface area contributed by atoms with Gasteiger partial charge >= 0.3 is 0 Å². The Kier molecular flexibility index (Phi) is 2.91. The molecule has 0 aromatic rings. The van der Waals surface area contributed by atoms with Crippen LogP contribution in [0.5, 0.6) is 0 Å². The normalized spacial score (nSPS) is 24.7. The Morgan fingerprint density at radius 1 is 1.30 bits per heavy atom. The number of thiol groups is 1. The third-order valence-corrected chi connectivity index (χ3v) is 4.03. The van der Waals surface area contributed by atoms with E-state index in [0.717, 1.165) is 26.2 Å². The average Bonchev–Trinajstić information content (AvgIpc) is 1.88. The van der Waals surface area contributed by atoms with E-state index in [2.05, 4.69) is 33.8 Å². The summed E-state index contributed by atoms with van der Waals surface area (Å²) in [5.74, 6) is 0. The van der Waals surface area contributed by atoms with Gasteiger partial charge in [-0.25, -0.2) is 0 Å². The largest absolute Gasteiger partial charge is 0.314 e. The molecule has 2 nitrogen and oxygen atoms in total. The van der Waals surface area contributed by atoms with Gasteiger partial charge in [-0.1, -0.05) is 0 Å². The highest BCUT2D eigenvalue weighted by atomic mass is 33.1. The summed E-state index contributed by atoms with van der Waals surface area (Å²) in [6, 6.07) is 0. The zero-order valence-corrected chi connectivity index (χ0v) is 8.34. The molecule has 0 aromatic heterocycles. The van der Waals surface area contributed by atoms with Crippen molar-refractivity contribution in [3.8, 4) is 0 Å². The van der Waals surface area contributed by atoms with Crippen molar-refractivity contribution in [3.05, 3.63) is 0 Å². The third-order valence-electron chi connectivity index (χ3n) is 1.71. The minimum atomic E-state index is -0.738. The fourth-order valence-corrected chi connectivity index (χ4v) is 2.66. The molecular weight excluding hydrogens is 164 g/mol. The summed E-state index contributed by atoms with van der Waals surface area (Å²) in [6.45, 7) is 4.56. The molecule has 0 atom stereocenters. The molecule has 0 bridgehead atoms. The molecule has 10 heavy (non-hydrogen) atoms. The summed E-state index contributed by atoms with van der Waals surface area (Å²) in [5.41, 5.74) is 0. The van der Waals surface area contributed by atoms with Crippen LogP contribution < -0.4 is 5.32 Å². The molecule has 0 radical (unpaired) electrons. The number of rotatable bonds is 1. The quantitative estimate of drug-likeness (QED) is 0.456. The summed E-state index contributed by atoms with van der Waals surface area (Å²) < 4.78 is 2.46. The standard InChI is InChI=1S/C6H16N2S2/c1-10(2,9)8-5-3-7-4-6-8/h7,9H,3-6H2,1-2H3. The molecule has 62 valence electrons. The first-order valence-corrected chi connectivity index (χ1v) is 6.98. The van der Waals surface area contributed by atoms with Crippen molar-refractivity contribution in [2.24, 2.45) is 0 Å². The zero-order chi connectivity index (χ0) is 7.61. The highest BCUT2D eigenvalue weighted by Gasteiger charge is 2.18. The third kappa shape index (κ3) is 2.34. The lowest BCUT2D eigenvalue weighted by Crippen LogP contribution is -2.42. The Balaban J connectivity index is 2.39. The Labute approximate surface area is 69.6 Å². The van der Waals surface area contributed by atoms with Crippen LogP contribution in [0.15, 0.2) is 0 Å². The molecule has 1 saturated heterocycles. The number of nitrogens with zero attached hydrogens (tertiary/aromatic N) is 1. The van der Waals surface area contributed by atoms with Gasteiger partial charge in [-0.3, -0.25) is 4.31 Å². The molecule has 0 spiro atoms. The van der Waals surface area contributed by atoms with Crippen molar-refractivity contribution in [1.29, 1.82) is 0 Å². The van der Waals surface area contributed by atoms with E-state index < -0.39 is 9.25 Å². The van der Waals surface area contributed by atoms with Crippen molar-refractivity contribution in [2.75, 3.05) is 38.7 Å². The van der Waals surface area contributed by atoms with Gasteiger partial charge in [-0.2, -0.15) is 0 Å². The molecule has 1 fully saturated rings. The molecule has 0 amide bonds. The minimum absolute atomic E-state index is 0.738. The fraction of sp³-hybridized carbons (Fsp3) is 1.00. The van der Waals surface area contributed by atoms with Crippen molar-refractivity contribution in [1.82, 2.24) is 9.62 Å². The van der Waals surface area contributed by atoms with Crippen molar-refractivity contribution < 1.29 is 0 Å². The van der Waals surface area contributed by atoms with Gasteiger partial charge in [0, 0.05) is 26.2 Å². The maximum atomic E-state index is 4.58. The van der Waals surface area contributed by atoms with Gasteiger partial charge in [0.2, 0.25) is 0 Å². The predicted molar refractivity (Wildman–Crippen MR) is 52.9 cm³/mol. The Morgan fingerprint density at radius 2 is 1.80 bits per heavy atom. The van der Waals surface area contributed by atoms with E-state index in [1.165, 1.54) is 0 Å². The van der Waals surface area contributed by atoms with Crippen molar-refractivity contribution in [2.45, 2.75) is 0 Å².